The molecule has 0 unspecified atom stereocenters. The van der Waals surface area contributed by atoms with E-state index in [0.29, 0.717) is 0 Å². The molecule has 1 aromatic carbocycles. The fourth-order valence-electron chi connectivity index (χ4n) is 2.30. The van der Waals surface area contributed by atoms with Crippen molar-refractivity contribution in [3.63, 3.8) is 0 Å². The lowest BCUT2D eigenvalue weighted by atomic mass is 10.0. The number of fused-ring (bicyclic) bond motifs is 1. The number of anilines is 1. The predicted octanol–water partition coefficient (Wildman–Crippen LogP) is 3.08. The molecule has 1 heterocycles. The first kappa shape index (κ1) is 12.8. The summed E-state index contributed by atoms with van der Waals surface area (Å²) in [5, 5.41) is 4.48. The summed E-state index contributed by atoms with van der Waals surface area (Å²) in [4.78, 5) is 4.74. The summed E-state index contributed by atoms with van der Waals surface area (Å²) in [5.74, 6) is 0. The van der Waals surface area contributed by atoms with Gasteiger partial charge in [0.2, 0.25) is 0 Å². The van der Waals surface area contributed by atoms with Gasteiger partial charge in [0, 0.05) is 30.9 Å². The number of benzene rings is 1. The number of pyridine rings is 1. The van der Waals surface area contributed by atoms with Crippen LogP contribution in [0.2, 0.25) is 0 Å². The van der Waals surface area contributed by atoms with Crippen LogP contribution in [0, 0.1) is 13.8 Å². The fraction of sp³-hybridized carbons (Fsp3) is 0.400. The molecule has 0 saturated heterocycles. The first-order chi connectivity index (χ1) is 8.69. The van der Waals surface area contributed by atoms with Crippen molar-refractivity contribution in [3.8, 4) is 0 Å². The SMILES string of the molecule is CNc1c(C)c(C)nc2c(CCOC)cccc12. The summed E-state index contributed by atoms with van der Waals surface area (Å²) in [5.41, 5.74) is 5.80. The van der Waals surface area contributed by atoms with Gasteiger partial charge in [0.1, 0.15) is 0 Å². The van der Waals surface area contributed by atoms with E-state index < -0.39 is 0 Å². The van der Waals surface area contributed by atoms with Crippen LogP contribution in [0.15, 0.2) is 18.2 Å². The molecule has 0 fully saturated rings. The Balaban J connectivity index is 2.66. The number of nitrogens with one attached hydrogen (secondary N) is 1. The molecule has 0 aliphatic rings. The lowest BCUT2D eigenvalue weighted by Crippen LogP contribution is -2.02. The number of nitrogens with zero attached hydrogens (tertiary/aromatic N) is 1. The molecular weight excluding hydrogens is 224 g/mol. The lowest BCUT2D eigenvalue weighted by molar-refractivity contribution is 0.202. The van der Waals surface area contributed by atoms with Crippen LogP contribution >= 0.6 is 0 Å². The Morgan fingerprint density at radius 3 is 2.72 bits per heavy atom. The zero-order valence-corrected chi connectivity index (χ0v) is 11.5. The molecule has 0 bridgehead atoms. The quantitative estimate of drug-likeness (QED) is 0.897. The number of hydrogen-bond donors (Lipinski definition) is 1. The van der Waals surface area contributed by atoms with Gasteiger partial charge in [-0.05, 0) is 31.4 Å². The number of methoxy groups -OCH3 is 1. The highest BCUT2D eigenvalue weighted by Gasteiger charge is 2.10. The summed E-state index contributed by atoms with van der Waals surface area (Å²) in [6.07, 6.45) is 0.895. The second-order valence-electron chi connectivity index (χ2n) is 4.50. The smallest absolute Gasteiger partial charge is 0.0758 e. The van der Waals surface area contributed by atoms with E-state index in [2.05, 4.69) is 37.4 Å². The molecular formula is C15H20N2O. The second-order valence-corrected chi connectivity index (χ2v) is 4.50. The maximum atomic E-state index is 5.16. The van der Waals surface area contributed by atoms with Gasteiger partial charge in [-0.1, -0.05) is 18.2 Å². The second kappa shape index (κ2) is 5.36. The van der Waals surface area contributed by atoms with E-state index in [4.69, 9.17) is 9.72 Å². The highest BCUT2D eigenvalue weighted by molar-refractivity contribution is 5.95. The Morgan fingerprint density at radius 1 is 1.28 bits per heavy atom. The molecule has 0 aliphatic carbocycles. The van der Waals surface area contributed by atoms with Crippen LogP contribution in [0.1, 0.15) is 16.8 Å². The number of ether oxygens (including phenoxy) is 1. The van der Waals surface area contributed by atoms with E-state index in [1.54, 1.807) is 7.11 Å². The molecule has 2 aromatic rings. The monoisotopic (exact) mass is 244 g/mol. The van der Waals surface area contributed by atoms with Crippen LogP contribution in [0.25, 0.3) is 10.9 Å². The van der Waals surface area contributed by atoms with Crippen molar-refractivity contribution in [1.29, 1.82) is 0 Å². The molecule has 2 rings (SSSR count). The van der Waals surface area contributed by atoms with E-state index in [9.17, 15) is 0 Å². The molecule has 0 saturated carbocycles. The van der Waals surface area contributed by atoms with E-state index >= 15 is 0 Å². The van der Waals surface area contributed by atoms with Gasteiger partial charge in [0.05, 0.1) is 12.1 Å². The van der Waals surface area contributed by atoms with Crippen molar-refractivity contribution in [1.82, 2.24) is 4.98 Å². The number of hydrogen-bond acceptors (Lipinski definition) is 3. The predicted molar refractivity (Wildman–Crippen MR) is 76.3 cm³/mol. The Bertz CT molecular complexity index is 564. The highest BCUT2D eigenvalue weighted by atomic mass is 16.5. The molecule has 3 heteroatoms. The van der Waals surface area contributed by atoms with Crippen molar-refractivity contribution in [2.75, 3.05) is 26.1 Å². The van der Waals surface area contributed by atoms with E-state index in [-0.39, 0.29) is 0 Å². The van der Waals surface area contributed by atoms with Gasteiger partial charge in [-0.3, -0.25) is 4.98 Å². The van der Waals surface area contributed by atoms with Crippen molar-refractivity contribution in [2.24, 2.45) is 0 Å². The fourth-order valence-corrected chi connectivity index (χ4v) is 2.30. The molecule has 0 radical (unpaired) electrons. The minimum Gasteiger partial charge on any atom is -0.387 e. The van der Waals surface area contributed by atoms with Gasteiger partial charge in [-0.25, -0.2) is 0 Å². The molecule has 3 nitrogen and oxygen atoms in total. The van der Waals surface area contributed by atoms with Gasteiger partial charge in [0.15, 0.2) is 0 Å². The molecule has 1 N–H and O–H groups in total. The van der Waals surface area contributed by atoms with Crippen molar-refractivity contribution in [3.05, 3.63) is 35.0 Å². The van der Waals surface area contributed by atoms with Crippen LogP contribution < -0.4 is 5.32 Å². The number of para-hydroxylation sites is 1. The first-order valence-corrected chi connectivity index (χ1v) is 6.24. The molecule has 0 amide bonds. The normalized spacial score (nSPS) is 10.9. The van der Waals surface area contributed by atoms with E-state index in [1.165, 1.54) is 22.2 Å². The van der Waals surface area contributed by atoms with Crippen LogP contribution in [-0.2, 0) is 11.2 Å². The molecule has 18 heavy (non-hydrogen) atoms. The molecule has 1 aromatic heterocycles. The van der Waals surface area contributed by atoms with Crippen LogP contribution in [0.3, 0.4) is 0 Å². The first-order valence-electron chi connectivity index (χ1n) is 6.24. The number of aryl methyl sites for hydroxylation is 1. The van der Waals surface area contributed by atoms with Gasteiger partial charge in [-0.2, -0.15) is 0 Å². The Morgan fingerprint density at radius 2 is 2.06 bits per heavy atom. The van der Waals surface area contributed by atoms with Gasteiger partial charge >= 0.3 is 0 Å². The van der Waals surface area contributed by atoms with Gasteiger partial charge in [0.25, 0.3) is 0 Å². The minimum atomic E-state index is 0.725. The van der Waals surface area contributed by atoms with E-state index in [1.807, 2.05) is 7.05 Å². The van der Waals surface area contributed by atoms with Crippen LogP contribution in [-0.4, -0.2) is 25.7 Å². The molecule has 96 valence electrons. The number of rotatable bonds is 4. The van der Waals surface area contributed by atoms with Crippen LogP contribution in [0.5, 0.6) is 0 Å². The third-order valence-corrected chi connectivity index (χ3v) is 3.41. The Labute approximate surface area is 108 Å². The number of aromatic nitrogens is 1. The summed E-state index contributed by atoms with van der Waals surface area (Å²) in [7, 11) is 3.69. The third-order valence-electron chi connectivity index (χ3n) is 3.41. The van der Waals surface area contributed by atoms with Crippen molar-refractivity contribution in [2.45, 2.75) is 20.3 Å². The molecule has 0 spiro atoms. The molecule has 0 aliphatic heterocycles. The zero-order valence-electron chi connectivity index (χ0n) is 11.5. The summed E-state index contributed by atoms with van der Waals surface area (Å²) < 4.78 is 5.16. The standard InChI is InChI=1S/C15H20N2O/c1-10-11(2)17-15-12(8-9-18-4)6-5-7-13(15)14(10)16-3/h5-7H,8-9H2,1-4H3,(H,16,17). The highest BCUT2D eigenvalue weighted by Crippen LogP contribution is 2.29. The maximum Gasteiger partial charge on any atom is 0.0758 e. The average Bonchev–Trinajstić information content (AvgIpc) is 2.38. The Kier molecular flexibility index (Phi) is 3.82. The summed E-state index contributed by atoms with van der Waals surface area (Å²) in [6, 6.07) is 6.34. The maximum absolute atomic E-state index is 5.16. The lowest BCUT2D eigenvalue weighted by Gasteiger charge is -2.14. The molecule has 0 atom stereocenters. The van der Waals surface area contributed by atoms with E-state index in [0.717, 1.165) is 24.2 Å². The van der Waals surface area contributed by atoms with Crippen LogP contribution in [0.4, 0.5) is 5.69 Å². The third kappa shape index (κ3) is 2.18. The minimum absolute atomic E-state index is 0.725. The average molecular weight is 244 g/mol. The van der Waals surface area contributed by atoms with Crippen molar-refractivity contribution >= 4 is 16.6 Å². The van der Waals surface area contributed by atoms with Gasteiger partial charge < -0.3 is 10.1 Å². The van der Waals surface area contributed by atoms with Crippen molar-refractivity contribution < 1.29 is 4.74 Å². The topological polar surface area (TPSA) is 34.2 Å². The zero-order chi connectivity index (χ0) is 13.1. The summed E-state index contributed by atoms with van der Waals surface area (Å²) >= 11 is 0. The largest absolute Gasteiger partial charge is 0.387 e. The van der Waals surface area contributed by atoms with Gasteiger partial charge in [-0.15, -0.1) is 0 Å². The Hall–Kier alpha value is -1.61. The summed E-state index contributed by atoms with van der Waals surface area (Å²) in [6.45, 7) is 4.89.